The second-order valence-corrected chi connectivity index (χ2v) is 7.00. The molecule has 120 valence electrons. The van der Waals surface area contributed by atoms with Gasteiger partial charge in [0.15, 0.2) is 0 Å². The van der Waals surface area contributed by atoms with E-state index in [1.165, 1.54) is 0 Å². The molecule has 5 heteroatoms. The summed E-state index contributed by atoms with van der Waals surface area (Å²) in [6.07, 6.45) is 0. The summed E-state index contributed by atoms with van der Waals surface area (Å²) in [5.74, 6) is 1.07. The molecule has 0 aliphatic carbocycles. The van der Waals surface area contributed by atoms with Crippen molar-refractivity contribution in [2.24, 2.45) is 0 Å². The summed E-state index contributed by atoms with van der Waals surface area (Å²) in [4.78, 5) is 6.64. The first-order valence-corrected chi connectivity index (χ1v) is 8.78. The Balaban J connectivity index is 1.60. The Hall–Kier alpha value is -3.05. The van der Waals surface area contributed by atoms with E-state index in [1.54, 1.807) is 11.3 Å². The topological polar surface area (TPSA) is 51.8 Å². The predicted molar refractivity (Wildman–Crippen MR) is 101 cm³/mol. The van der Waals surface area contributed by atoms with Gasteiger partial charge in [-0.25, -0.2) is 4.98 Å². The Kier molecular flexibility index (Phi) is 3.15. The van der Waals surface area contributed by atoms with E-state index < -0.39 is 0 Å². The van der Waals surface area contributed by atoms with Crippen molar-refractivity contribution >= 4 is 32.5 Å². The van der Waals surface area contributed by atoms with E-state index in [0.717, 1.165) is 37.1 Å². The number of rotatable bonds is 2. The van der Waals surface area contributed by atoms with E-state index in [0.29, 0.717) is 11.8 Å². The molecule has 0 spiro atoms. The zero-order chi connectivity index (χ0) is 16.8. The highest BCUT2D eigenvalue weighted by Crippen LogP contribution is 2.34. The van der Waals surface area contributed by atoms with Crippen LogP contribution in [0.15, 0.2) is 65.1 Å². The molecule has 0 unspecified atom stereocenters. The molecule has 3 heterocycles. The fraction of sp³-hybridized carbons (Fsp3) is 0.0500. The van der Waals surface area contributed by atoms with E-state index in [9.17, 15) is 0 Å². The van der Waals surface area contributed by atoms with Crippen molar-refractivity contribution in [2.45, 2.75) is 6.92 Å². The average Bonchev–Trinajstić information content (AvgIpc) is 3.26. The van der Waals surface area contributed by atoms with Crippen LogP contribution in [0.2, 0.25) is 0 Å². The van der Waals surface area contributed by atoms with Gasteiger partial charge < -0.3 is 4.42 Å². The third-order valence-corrected chi connectivity index (χ3v) is 5.14. The van der Waals surface area contributed by atoms with Crippen molar-refractivity contribution in [1.82, 2.24) is 15.2 Å². The molecule has 0 N–H and O–H groups in total. The molecule has 4 nitrogen and oxygen atoms in total. The average molecular weight is 343 g/mol. The Morgan fingerprint density at radius 1 is 0.840 bits per heavy atom. The summed E-state index contributed by atoms with van der Waals surface area (Å²) < 4.78 is 5.90. The van der Waals surface area contributed by atoms with Gasteiger partial charge in [-0.2, -0.15) is 0 Å². The van der Waals surface area contributed by atoms with Gasteiger partial charge in [0.25, 0.3) is 5.89 Å². The van der Waals surface area contributed by atoms with Crippen LogP contribution in [0.4, 0.5) is 0 Å². The lowest BCUT2D eigenvalue weighted by molar-refractivity contribution is 0.586. The van der Waals surface area contributed by atoms with Crippen LogP contribution in [0.3, 0.4) is 0 Å². The Labute approximate surface area is 147 Å². The van der Waals surface area contributed by atoms with Gasteiger partial charge >= 0.3 is 0 Å². The maximum atomic E-state index is 5.90. The molecule has 0 amide bonds. The standard InChI is InChI=1S/C20H13N3OS/c1-12-5-4-7-14(9-12)18-22-23-19(24-18)17-11-15-10-13-6-2-3-8-16(13)21-20(15)25-17/h2-11H,1H3. The van der Waals surface area contributed by atoms with E-state index >= 15 is 0 Å². The Morgan fingerprint density at radius 3 is 2.64 bits per heavy atom. The normalized spacial score (nSPS) is 11.4. The van der Waals surface area contributed by atoms with Crippen molar-refractivity contribution in [1.29, 1.82) is 0 Å². The van der Waals surface area contributed by atoms with Crippen LogP contribution in [0.1, 0.15) is 5.56 Å². The molecule has 0 fully saturated rings. The van der Waals surface area contributed by atoms with E-state index in [2.05, 4.69) is 28.4 Å². The van der Waals surface area contributed by atoms with E-state index in [-0.39, 0.29) is 0 Å². The number of fused-ring (bicyclic) bond motifs is 2. The van der Waals surface area contributed by atoms with Gasteiger partial charge in [-0.15, -0.1) is 21.5 Å². The summed E-state index contributed by atoms with van der Waals surface area (Å²) in [6.45, 7) is 2.04. The molecule has 0 radical (unpaired) electrons. The van der Waals surface area contributed by atoms with Gasteiger partial charge in [0.2, 0.25) is 5.89 Å². The largest absolute Gasteiger partial charge is 0.415 e. The molecule has 5 rings (SSSR count). The minimum atomic E-state index is 0.531. The quantitative estimate of drug-likeness (QED) is 0.426. The number of aryl methyl sites for hydroxylation is 1. The number of nitrogens with zero attached hydrogens (tertiary/aromatic N) is 3. The molecule has 0 aliphatic heterocycles. The third kappa shape index (κ3) is 2.49. The second-order valence-electron chi connectivity index (χ2n) is 5.97. The zero-order valence-electron chi connectivity index (χ0n) is 13.4. The number of aromatic nitrogens is 3. The lowest BCUT2D eigenvalue weighted by Gasteiger charge is -1.95. The Bertz CT molecular complexity index is 1170. The second kappa shape index (κ2) is 5.50. The van der Waals surface area contributed by atoms with Crippen molar-refractivity contribution < 1.29 is 4.42 Å². The molecule has 3 aromatic heterocycles. The molecule has 0 atom stereocenters. The lowest BCUT2D eigenvalue weighted by Crippen LogP contribution is -1.78. The van der Waals surface area contributed by atoms with Gasteiger partial charge in [0.1, 0.15) is 4.83 Å². The van der Waals surface area contributed by atoms with Crippen LogP contribution in [0.5, 0.6) is 0 Å². The van der Waals surface area contributed by atoms with Gasteiger partial charge in [0, 0.05) is 16.3 Å². The van der Waals surface area contributed by atoms with Gasteiger partial charge in [-0.05, 0) is 37.3 Å². The zero-order valence-corrected chi connectivity index (χ0v) is 14.2. The highest BCUT2D eigenvalue weighted by Gasteiger charge is 2.14. The first kappa shape index (κ1) is 14.3. The molecular weight excluding hydrogens is 330 g/mol. The molecule has 5 aromatic rings. The van der Waals surface area contributed by atoms with Crippen molar-refractivity contribution in [3.63, 3.8) is 0 Å². The van der Waals surface area contributed by atoms with Crippen molar-refractivity contribution in [3.8, 4) is 22.2 Å². The van der Waals surface area contributed by atoms with Gasteiger partial charge in [-0.3, -0.25) is 0 Å². The minimum Gasteiger partial charge on any atom is -0.415 e. The molecule has 0 saturated heterocycles. The summed E-state index contributed by atoms with van der Waals surface area (Å²) in [5.41, 5.74) is 3.09. The van der Waals surface area contributed by atoms with Crippen LogP contribution >= 0.6 is 11.3 Å². The highest BCUT2D eigenvalue weighted by molar-refractivity contribution is 7.21. The summed E-state index contributed by atoms with van der Waals surface area (Å²) in [7, 11) is 0. The summed E-state index contributed by atoms with van der Waals surface area (Å²) >= 11 is 1.57. The molecule has 25 heavy (non-hydrogen) atoms. The van der Waals surface area contributed by atoms with Crippen LogP contribution in [-0.4, -0.2) is 15.2 Å². The molecule has 0 aliphatic rings. The number of hydrogen-bond acceptors (Lipinski definition) is 5. The monoisotopic (exact) mass is 343 g/mol. The molecule has 0 saturated carbocycles. The first-order chi connectivity index (χ1) is 12.3. The number of hydrogen-bond donors (Lipinski definition) is 0. The molecule has 2 aromatic carbocycles. The molecular formula is C20H13N3OS. The van der Waals surface area contributed by atoms with E-state index in [4.69, 9.17) is 9.40 Å². The maximum absolute atomic E-state index is 5.90. The van der Waals surface area contributed by atoms with Crippen molar-refractivity contribution in [3.05, 3.63) is 66.2 Å². The SMILES string of the molecule is Cc1cccc(-c2nnc(-c3cc4cc5ccccc5nc4s3)o2)c1. The minimum absolute atomic E-state index is 0.531. The lowest BCUT2D eigenvalue weighted by atomic mass is 10.1. The van der Waals surface area contributed by atoms with Crippen LogP contribution in [-0.2, 0) is 0 Å². The molecule has 0 bridgehead atoms. The van der Waals surface area contributed by atoms with Crippen LogP contribution < -0.4 is 0 Å². The number of para-hydroxylation sites is 1. The summed E-state index contributed by atoms with van der Waals surface area (Å²) in [5, 5.41) is 10.6. The smallest absolute Gasteiger partial charge is 0.258 e. The third-order valence-electron chi connectivity index (χ3n) is 4.11. The predicted octanol–water partition coefficient (Wildman–Crippen LogP) is 5.47. The Morgan fingerprint density at radius 2 is 1.72 bits per heavy atom. The maximum Gasteiger partial charge on any atom is 0.258 e. The highest BCUT2D eigenvalue weighted by atomic mass is 32.1. The summed E-state index contributed by atoms with van der Waals surface area (Å²) in [6, 6.07) is 20.4. The van der Waals surface area contributed by atoms with E-state index in [1.807, 2.05) is 49.4 Å². The number of pyridine rings is 1. The number of benzene rings is 2. The van der Waals surface area contributed by atoms with Crippen LogP contribution in [0.25, 0.3) is 43.3 Å². The fourth-order valence-electron chi connectivity index (χ4n) is 2.90. The fourth-order valence-corrected chi connectivity index (χ4v) is 3.84. The first-order valence-electron chi connectivity index (χ1n) is 7.96. The van der Waals surface area contributed by atoms with Gasteiger partial charge in [-0.1, -0.05) is 35.9 Å². The van der Waals surface area contributed by atoms with Crippen molar-refractivity contribution in [2.75, 3.05) is 0 Å². The van der Waals surface area contributed by atoms with Gasteiger partial charge in [0.05, 0.1) is 10.4 Å². The van der Waals surface area contributed by atoms with Crippen LogP contribution in [0, 0.1) is 6.92 Å². The number of thiophene rings is 1.